The number of nitrogens with zero attached hydrogens (tertiary/aromatic N) is 5. The highest BCUT2D eigenvalue weighted by molar-refractivity contribution is 5.91. The number of aryl methyl sites for hydroxylation is 3. The first kappa shape index (κ1) is 19.4. The number of carbonyl (C=O) groups is 1. The standard InChI is InChI=1S/C23H22N6O/c1-14-9-17(12-26-22(14)18-7-8-25-16(3)10-18)13-29-21(11-20(28-29)23(24)30)19-6-4-5-15(2)27-19/h4-12H,13H2,1-3H3,(H2,24,30). The van der Waals surface area contributed by atoms with Crippen LogP contribution in [-0.4, -0.2) is 30.6 Å². The van der Waals surface area contributed by atoms with Crippen LogP contribution in [0, 0.1) is 20.8 Å². The van der Waals surface area contributed by atoms with E-state index in [2.05, 4.69) is 26.1 Å². The Labute approximate surface area is 174 Å². The number of rotatable bonds is 5. The number of pyridine rings is 3. The summed E-state index contributed by atoms with van der Waals surface area (Å²) in [6.45, 7) is 6.36. The van der Waals surface area contributed by atoms with Gasteiger partial charge in [-0.3, -0.25) is 24.4 Å². The summed E-state index contributed by atoms with van der Waals surface area (Å²) in [5.74, 6) is -0.569. The molecule has 0 unspecified atom stereocenters. The topological polar surface area (TPSA) is 99.6 Å². The van der Waals surface area contributed by atoms with Crippen LogP contribution in [0.25, 0.3) is 22.6 Å². The predicted octanol–water partition coefficient (Wildman–Crippen LogP) is 3.47. The summed E-state index contributed by atoms with van der Waals surface area (Å²) in [4.78, 5) is 25.2. The van der Waals surface area contributed by atoms with Crippen LogP contribution in [0.2, 0.25) is 0 Å². The number of hydrogen-bond acceptors (Lipinski definition) is 5. The van der Waals surface area contributed by atoms with Crippen molar-refractivity contribution in [3.8, 4) is 22.6 Å². The number of hydrogen-bond donors (Lipinski definition) is 1. The molecule has 0 fully saturated rings. The van der Waals surface area contributed by atoms with E-state index in [9.17, 15) is 4.79 Å². The van der Waals surface area contributed by atoms with Crippen LogP contribution in [0.3, 0.4) is 0 Å². The van der Waals surface area contributed by atoms with Gasteiger partial charge in [-0.05, 0) is 62.2 Å². The van der Waals surface area contributed by atoms with E-state index < -0.39 is 5.91 Å². The lowest BCUT2D eigenvalue weighted by atomic mass is 10.1. The summed E-state index contributed by atoms with van der Waals surface area (Å²) in [7, 11) is 0. The van der Waals surface area contributed by atoms with Crippen LogP contribution >= 0.6 is 0 Å². The van der Waals surface area contributed by atoms with Gasteiger partial charge < -0.3 is 5.73 Å². The molecule has 4 aromatic rings. The fourth-order valence-corrected chi connectivity index (χ4v) is 3.44. The smallest absolute Gasteiger partial charge is 0.269 e. The number of carbonyl (C=O) groups excluding carboxylic acids is 1. The average Bonchev–Trinajstić information content (AvgIpc) is 3.12. The summed E-state index contributed by atoms with van der Waals surface area (Å²) in [6, 6.07) is 13.5. The molecule has 0 bridgehead atoms. The highest BCUT2D eigenvalue weighted by Gasteiger charge is 2.15. The molecule has 4 heterocycles. The maximum absolute atomic E-state index is 11.7. The van der Waals surface area contributed by atoms with Gasteiger partial charge in [0.25, 0.3) is 5.91 Å². The Morgan fingerprint density at radius 2 is 1.87 bits per heavy atom. The summed E-state index contributed by atoms with van der Waals surface area (Å²) in [5.41, 5.74) is 13.0. The third kappa shape index (κ3) is 3.96. The van der Waals surface area contributed by atoms with Crippen LogP contribution in [0.15, 0.2) is 54.9 Å². The zero-order valence-corrected chi connectivity index (χ0v) is 17.1. The lowest BCUT2D eigenvalue weighted by Crippen LogP contribution is -2.13. The van der Waals surface area contributed by atoms with Crippen molar-refractivity contribution in [2.24, 2.45) is 5.73 Å². The highest BCUT2D eigenvalue weighted by Crippen LogP contribution is 2.24. The Kier molecular flexibility index (Phi) is 5.10. The van der Waals surface area contributed by atoms with E-state index in [1.807, 2.05) is 57.3 Å². The molecular formula is C23H22N6O. The van der Waals surface area contributed by atoms with Gasteiger partial charge >= 0.3 is 0 Å². The van der Waals surface area contributed by atoms with Crippen molar-refractivity contribution in [2.45, 2.75) is 27.3 Å². The van der Waals surface area contributed by atoms with E-state index in [4.69, 9.17) is 5.73 Å². The van der Waals surface area contributed by atoms with Gasteiger partial charge in [0.1, 0.15) is 0 Å². The molecule has 1 amide bonds. The molecule has 0 saturated carbocycles. The third-order valence-corrected chi connectivity index (χ3v) is 4.82. The first-order valence-corrected chi connectivity index (χ1v) is 9.61. The van der Waals surface area contributed by atoms with Gasteiger partial charge in [-0.25, -0.2) is 0 Å². The van der Waals surface area contributed by atoms with Gasteiger partial charge in [-0.15, -0.1) is 0 Å². The van der Waals surface area contributed by atoms with Crippen molar-refractivity contribution in [3.63, 3.8) is 0 Å². The van der Waals surface area contributed by atoms with Gasteiger partial charge in [0.2, 0.25) is 0 Å². The molecule has 0 spiro atoms. The summed E-state index contributed by atoms with van der Waals surface area (Å²) < 4.78 is 1.74. The molecule has 0 aliphatic carbocycles. The van der Waals surface area contributed by atoms with Crippen LogP contribution in [0.1, 0.15) is 33.0 Å². The normalized spacial score (nSPS) is 10.9. The summed E-state index contributed by atoms with van der Waals surface area (Å²) in [6.07, 6.45) is 3.62. The third-order valence-electron chi connectivity index (χ3n) is 4.82. The minimum atomic E-state index is -0.569. The van der Waals surface area contributed by atoms with E-state index in [0.717, 1.165) is 45.2 Å². The fraction of sp³-hybridized carbons (Fsp3) is 0.174. The second kappa shape index (κ2) is 7.87. The van der Waals surface area contributed by atoms with Gasteiger partial charge in [-0.2, -0.15) is 5.10 Å². The minimum Gasteiger partial charge on any atom is -0.364 e. The Bertz CT molecular complexity index is 1240. The van der Waals surface area contributed by atoms with Gasteiger partial charge in [-0.1, -0.05) is 12.1 Å². The molecule has 0 saturated heterocycles. The van der Waals surface area contributed by atoms with E-state index >= 15 is 0 Å². The highest BCUT2D eigenvalue weighted by atomic mass is 16.1. The number of aromatic nitrogens is 5. The molecule has 2 N–H and O–H groups in total. The summed E-state index contributed by atoms with van der Waals surface area (Å²) in [5, 5.41) is 4.40. The number of nitrogens with two attached hydrogens (primary N) is 1. The molecule has 7 heteroatoms. The second-order valence-electron chi connectivity index (χ2n) is 7.30. The SMILES string of the molecule is Cc1cc(-c2ncc(Cn3nc(C(N)=O)cc3-c3cccc(C)n3)cc2C)ccn1. The molecule has 0 atom stereocenters. The zero-order valence-electron chi connectivity index (χ0n) is 17.1. The van der Waals surface area contributed by atoms with Crippen molar-refractivity contribution in [1.82, 2.24) is 24.7 Å². The van der Waals surface area contributed by atoms with E-state index in [1.165, 1.54) is 0 Å². The molecule has 0 aliphatic rings. The van der Waals surface area contributed by atoms with Crippen molar-refractivity contribution < 1.29 is 4.79 Å². The molecule has 0 aliphatic heterocycles. The Hall–Kier alpha value is -3.87. The Morgan fingerprint density at radius 3 is 2.57 bits per heavy atom. The first-order valence-electron chi connectivity index (χ1n) is 9.61. The van der Waals surface area contributed by atoms with Crippen LogP contribution in [-0.2, 0) is 6.54 Å². The summed E-state index contributed by atoms with van der Waals surface area (Å²) >= 11 is 0. The predicted molar refractivity (Wildman–Crippen MR) is 115 cm³/mol. The maximum Gasteiger partial charge on any atom is 0.269 e. The van der Waals surface area contributed by atoms with E-state index in [-0.39, 0.29) is 5.69 Å². The minimum absolute atomic E-state index is 0.210. The molecule has 150 valence electrons. The first-order chi connectivity index (χ1) is 14.4. The van der Waals surface area contributed by atoms with Crippen molar-refractivity contribution in [2.75, 3.05) is 0 Å². The molecule has 30 heavy (non-hydrogen) atoms. The molecule has 0 aromatic carbocycles. The lowest BCUT2D eigenvalue weighted by Gasteiger charge is -2.11. The van der Waals surface area contributed by atoms with Crippen LogP contribution in [0.5, 0.6) is 0 Å². The van der Waals surface area contributed by atoms with E-state index in [1.54, 1.807) is 16.9 Å². The van der Waals surface area contributed by atoms with Crippen LogP contribution < -0.4 is 5.73 Å². The largest absolute Gasteiger partial charge is 0.364 e. The number of amides is 1. The quantitative estimate of drug-likeness (QED) is 0.555. The molecule has 0 radical (unpaired) electrons. The Balaban J connectivity index is 1.70. The molecule has 4 rings (SSSR count). The lowest BCUT2D eigenvalue weighted by molar-refractivity contribution is 0.0995. The Morgan fingerprint density at radius 1 is 1.03 bits per heavy atom. The van der Waals surface area contributed by atoms with Gasteiger partial charge in [0, 0.05) is 29.3 Å². The monoisotopic (exact) mass is 398 g/mol. The van der Waals surface area contributed by atoms with Gasteiger partial charge in [0.05, 0.1) is 23.6 Å². The fourth-order valence-electron chi connectivity index (χ4n) is 3.44. The maximum atomic E-state index is 11.7. The van der Waals surface area contributed by atoms with E-state index in [0.29, 0.717) is 6.54 Å². The zero-order chi connectivity index (χ0) is 21.3. The molecular weight excluding hydrogens is 376 g/mol. The van der Waals surface area contributed by atoms with Gasteiger partial charge in [0.15, 0.2) is 5.69 Å². The van der Waals surface area contributed by atoms with Crippen molar-refractivity contribution in [1.29, 1.82) is 0 Å². The number of primary amides is 1. The van der Waals surface area contributed by atoms with Crippen molar-refractivity contribution >= 4 is 5.91 Å². The van der Waals surface area contributed by atoms with Crippen LogP contribution in [0.4, 0.5) is 0 Å². The second-order valence-corrected chi connectivity index (χ2v) is 7.30. The van der Waals surface area contributed by atoms with Crippen molar-refractivity contribution in [3.05, 3.63) is 83.1 Å². The average molecular weight is 398 g/mol. The molecule has 4 aromatic heterocycles. The molecule has 7 nitrogen and oxygen atoms in total.